The molecule has 0 saturated heterocycles. The van der Waals surface area contributed by atoms with Crippen molar-refractivity contribution in [2.24, 2.45) is 4.99 Å². The topological polar surface area (TPSA) is 42.5 Å². The van der Waals surface area contributed by atoms with Crippen LogP contribution in [0.2, 0.25) is 0 Å². The van der Waals surface area contributed by atoms with E-state index in [2.05, 4.69) is 43.1 Å². The maximum Gasteiger partial charge on any atom is 0.129 e. The van der Waals surface area contributed by atoms with Gasteiger partial charge in [-0.25, -0.2) is 4.52 Å². The van der Waals surface area contributed by atoms with Gasteiger partial charge in [0.05, 0.1) is 22.6 Å². The Hall–Kier alpha value is -1.49. The maximum absolute atomic E-state index is 4.62. The summed E-state index contributed by atoms with van der Waals surface area (Å²) in [6.45, 7) is 3.97. The molecular formula is C13H13BrN4. The van der Waals surface area contributed by atoms with Crippen LogP contribution in [0.25, 0.3) is 5.52 Å². The number of aliphatic imine (C=N–C) groups is 1. The molecule has 4 nitrogen and oxygen atoms in total. The largest absolute Gasteiger partial charge is 0.259 e. The molecule has 0 atom stereocenters. The van der Waals surface area contributed by atoms with E-state index in [0.717, 1.165) is 45.8 Å². The van der Waals surface area contributed by atoms with Gasteiger partial charge < -0.3 is 0 Å². The molecule has 2 aromatic heterocycles. The predicted molar refractivity (Wildman–Crippen MR) is 75.1 cm³/mol. The van der Waals surface area contributed by atoms with Gasteiger partial charge in [0.15, 0.2) is 0 Å². The molecule has 3 heterocycles. The van der Waals surface area contributed by atoms with E-state index in [9.17, 15) is 0 Å². The fourth-order valence-electron chi connectivity index (χ4n) is 2.13. The van der Waals surface area contributed by atoms with Crippen LogP contribution in [0.15, 0.2) is 27.9 Å². The number of fused-ring (bicyclic) bond motifs is 1. The third-order valence-electron chi connectivity index (χ3n) is 3.08. The highest BCUT2D eigenvalue weighted by atomic mass is 79.9. The summed E-state index contributed by atoms with van der Waals surface area (Å²) < 4.78 is 2.80. The zero-order valence-electron chi connectivity index (χ0n) is 10.3. The highest BCUT2D eigenvalue weighted by Gasteiger charge is 2.14. The van der Waals surface area contributed by atoms with E-state index < -0.39 is 0 Å². The molecule has 0 amide bonds. The molecule has 3 rings (SSSR count). The Bertz CT molecular complexity index is 682. The van der Waals surface area contributed by atoms with Crippen LogP contribution in [-0.4, -0.2) is 20.3 Å². The number of hydrogen-bond acceptors (Lipinski definition) is 3. The van der Waals surface area contributed by atoms with Gasteiger partial charge in [-0.1, -0.05) is 6.08 Å². The van der Waals surface area contributed by atoms with E-state index in [1.807, 2.05) is 24.6 Å². The summed E-state index contributed by atoms with van der Waals surface area (Å²) in [5.41, 5.74) is 4.95. The number of allylic oxidation sites excluding steroid dienone is 1. The first-order valence-corrected chi connectivity index (χ1v) is 6.70. The summed E-state index contributed by atoms with van der Waals surface area (Å²) >= 11 is 3.54. The zero-order chi connectivity index (χ0) is 12.7. The van der Waals surface area contributed by atoms with Gasteiger partial charge in [-0.15, -0.1) is 0 Å². The van der Waals surface area contributed by atoms with Gasteiger partial charge in [0.2, 0.25) is 0 Å². The summed E-state index contributed by atoms with van der Waals surface area (Å²) in [6, 6.07) is 2.06. The van der Waals surface area contributed by atoms with Crippen LogP contribution in [0.1, 0.15) is 29.9 Å². The molecule has 1 aliphatic rings. The molecule has 0 aromatic carbocycles. The fraction of sp³-hybridized carbons (Fsp3) is 0.308. The normalized spacial score (nSPS) is 15.2. The lowest BCUT2D eigenvalue weighted by Crippen LogP contribution is -2.04. The number of nitrogens with zero attached hydrogens (tertiary/aromatic N) is 4. The number of aryl methyl sites for hydroxylation is 2. The lowest BCUT2D eigenvalue weighted by atomic mass is 10.1. The van der Waals surface area contributed by atoms with Gasteiger partial charge in [-0.3, -0.25) is 9.98 Å². The summed E-state index contributed by atoms with van der Waals surface area (Å²) in [7, 11) is 0. The molecule has 0 fully saturated rings. The summed E-state index contributed by atoms with van der Waals surface area (Å²) in [4.78, 5) is 8.90. The summed E-state index contributed by atoms with van der Waals surface area (Å²) in [5.74, 6) is 0. The third kappa shape index (κ3) is 1.79. The van der Waals surface area contributed by atoms with Crippen molar-refractivity contribution in [1.29, 1.82) is 0 Å². The number of halogens is 1. The first-order chi connectivity index (χ1) is 8.66. The Balaban J connectivity index is 2.22. The second-order valence-corrected chi connectivity index (χ2v) is 5.15. The molecule has 2 aromatic rings. The quantitative estimate of drug-likeness (QED) is 0.812. The van der Waals surface area contributed by atoms with E-state index in [-0.39, 0.29) is 0 Å². The second-order valence-electron chi connectivity index (χ2n) is 4.40. The molecule has 0 unspecified atom stereocenters. The standard InChI is InChI=1S/C13H13BrN4/c1-8-12-7-11(10-5-3-4-6-15-10)17-18(12)13(14)9(2)16-8/h4,6-7H,3,5H2,1-2H3. The molecule has 0 aliphatic carbocycles. The molecule has 5 heteroatoms. The first kappa shape index (κ1) is 11.6. The van der Waals surface area contributed by atoms with Gasteiger partial charge in [-0.05, 0) is 48.7 Å². The monoisotopic (exact) mass is 304 g/mol. The zero-order valence-corrected chi connectivity index (χ0v) is 11.9. The van der Waals surface area contributed by atoms with Crippen molar-refractivity contribution < 1.29 is 0 Å². The van der Waals surface area contributed by atoms with Crippen LogP contribution < -0.4 is 0 Å². The molecule has 0 spiro atoms. The number of rotatable bonds is 1. The smallest absolute Gasteiger partial charge is 0.129 e. The van der Waals surface area contributed by atoms with Crippen molar-refractivity contribution >= 4 is 27.2 Å². The van der Waals surface area contributed by atoms with Gasteiger partial charge in [-0.2, -0.15) is 5.10 Å². The highest BCUT2D eigenvalue weighted by molar-refractivity contribution is 9.10. The first-order valence-electron chi connectivity index (χ1n) is 5.91. The van der Waals surface area contributed by atoms with Crippen molar-refractivity contribution in [1.82, 2.24) is 14.6 Å². The van der Waals surface area contributed by atoms with E-state index >= 15 is 0 Å². The molecule has 0 saturated carbocycles. The van der Waals surface area contributed by atoms with Gasteiger partial charge >= 0.3 is 0 Å². The minimum Gasteiger partial charge on any atom is -0.259 e. The van der Waals surface area contributed by atoms with Gasteiger partial charge in [0.25, 0.3) is 0 Å². The third-order valence-corrected chi connectivity index (χ3v) is 3.99. The maximum atomic E-state index is 4.62. The molecule has 0 radical (unpaired) electrons. The second kappa shape index (κ2) is 4.31. The SMILES string of the molecule is Cc1nc(C)c2cc(C3=NC=CCC3)nn2c1Br. The van der Waals surface area contributed by atoms with Crippen LogP contribution in [-0.2, 0) is 0 Å². The van der Waals surface area contributed by atoms with Gasteiger partial charge in [0.1, 0.15) is 10.3 Å². The fourth-order valence-corrected chi connectivity index (χ4v) is 2.49. The summed E-state index contributed by atoms with van der Waals surface area (Å²) in [5, 5.41) is 4.62. The van der Waals surface area contributed by atoms with Crippen LogP contribution >= 0.6 is 15.9 Å². The van der Waals surface area contributed by atoms with Crippen molar-refractivity contribution in [2.75, 3.05) is 0 Å². The molecule has 92 valence electrons. The van der Waals surface area contributed by atoms with Gasteiger partial charge in [0, 0.05) is 6.20 Å². The van der Waals surface area contributed by atoms with E-state index in [0.29, 0.717) is 0 Å². The minimum atomic E-state index is 0.904. The minimum absolute atomic E-state index is 0.904. The predicted octanol–water partition coefficient (Wildman–Crippen LogP) is 3.21. The molecular weight excluding hydrogens is 292 g/mol. The van der Waals surface area contributed by atoms with E-state index in [1.54, 1.807) is 0 Å². The van der Waals surface area contributed by atoms with Crippen molar-refractivity contribution in [2.45, 2.75) is 26.7 Å². The average Bonchev–Trinajstić information content (AvgIpc) is 2.83. The Kier molecular flexibility index (Phi) is 2.78. The van der Waals surface area contributed by atoms with E-state index in [1.165, 1.54) is 0 Å². The number of hydrogen-bond donors (Lipinski definition) is 0. The summed E-state index contributed by atoms with van der Waals surface area (Å²) in [6.07, 6.45) is 5.91. The van der Waals surface area contributed by atoms with Crippen molar-refractivity contribution in [3.63, 3.8) is 0 Å². The highest BCUT2D eigenvalue weighted by Crippen LogP contribution is 2.21. The lowest BCUT2D eigenvalue weighted by molar-refractivity contribution is 0.879. The van der Waals surface area contributed by atoms with Crippen molar-refractivity contribution in [3.8, 4) is 0 Å². The molecule has 0 bridgehead atoms. The molecule has 1 aliphatic heterocycles. The van der Waals surface area contributed by atoms with Crippen LogP contribution in [0, 0.1) is 13.8 Å². The van der Waals surface area contributed by atoms with E-state index in [4.69, 9.17) is 0 Å². The number of aromatic nitrogens is 3. The Labute approximate surface area is 114 Å². The Morgan fingerprint density at radius 2 is 2.11 bits per heavy atom. The average molecular weight is 305 g/mol. The lowest BCUT2D eigenvalue weighted by Gasteiger charge is -2.04. The van der Waals surface area contributed by atoms with Crippen molar-refractivity contribution in [3.05, 3.63) is 40.0 Å². The van der Waals surface area contributed by atoms with Crippen LogP contribution in [0.4, 0.5) is 0 Å². The van der Waals surface area contributed by atoms with Crippen LogP contribution in [0.5, 0.6) is 0 Å². The molecule has 18 heavy (non-hydrogen) atoms. The Morgan fingerprint density at radius 1 is 1.28 bits per heavy atom. The Morgan fingerprint density at radius 3 is 2.83 bits per heavy atom. The van der Waals surface area contributed by atoms with Crippen LogP contribution in [0.3, 0.4) is 0 Å². The molecule has 0 N–H and O–H groups in total.